The van der Waals surface area contributed by atoms with Crippen molar-refractivity contribution < 1.29 is 4.17 Å². The van der Waals surface area contributed by atoms with Gasteiger partial charge in [0.05, 0.1) is 0 Å². The Bertz CT molecular complexity index is 23.0. The van der Waals surface area contributed by atoms with E-state index in [1.54, 1.807) is 0 Å². The Morgan fingerprint density at radius 2 is 0.833 bits per heavy atom. The fourth-order valence-corrected chi connectivity index (χ4v) is 0. The topological polar surface area (TPSA) is 0 Å². The van der Waals surface area contributed by atoms with Crippen molar-refractivity contribution in [2.24, 2.45) is 0 Å². The molecular weight excluding hydrogens is 841 g/mol. The molecule has 0 heterocycles. The Kier molecular flexibility index (Phi) is 18.2. The molecule has 0 rings (SSSR count). The molecule has 0 saturated heterocycles. The maximum atomic E-state index is 2.57. The van der Waals surface area contributed by atoms with Gasteiger partial charge in [0.25, 0.3) is 0 Å². The van der Waals surface area contributed by atoms with Crippen molar-refractivity contribution in [2.75, 3.05) is 0 Å². The summed E-state index contributed by atoms with van der Waals surface area (Å²) in [5.74, 6) is 0. The molecule has 6 heavy (non-hydrogen) atoms. The quantitative estimate of drug-likeness (QED) is 0.260. The van der Waals surface area contributed by atoms with E-state index in [4.69, 9.17) is 0 Å². The van der Waals surface area contributed by atoms with Gasteiger partial charge in [-0.3, -0.25) is 0 Å². The van der Waals surface area contributed by atoms with Gasteiger partial charge >= 0.3 is 74.8 Å². The van der Waals surface area contributed by atoms with E-state index in [-0.39, 0.29) is 68.9 Å². The zero-order valence-electron chi connectivity index (χ0n) is 3.22. The van der Waals surface area contributed by atoms with Gasteiger partial charge in [-0.05, 0) is 0 Å². The number of hydrogen-bond acceptors (Lipinski definition) is 0. The van der Waals surface area contributed by atoms with Gasteiger partial charge in [0, 0.05) is 68.9 Å². The van der Waals surface area contributed by atoms with Crippen molar-refractivity contribution in [3.63, 3.8) is 0 Å². The summed E-state index contributed by atoms with van der Waals surface area (Å²) in [6.45, 7) is 0. The molecule has 0 saturated carbocycles. The van der Waals surface area contributed by atoms with E-state index in [0.717, 1.165) is 0 Å². The monoisotopic (exact) mass is 842 g/mol. The van der Waals surface area contributed by atoms with Crippen molar-refractivity contribution in [3.05, 3.63) is 0 Å². The zero-order valence-corrected chi connectivity index (χ0v) is 23.6. The molecule has 0 spiro atoms. The second-order valence-corrected chi connectivity index (χ2v) is 239. The molecule has 0 fully saturated rings. The predicted octanol–water partition coefficient (Wildman–Crippen LogP) is 3.16. The van der Waals surface area contributed by atoms with Crippen LogP contribution in [0.3, 0.4) is 0 Å². The first-order chi connectivity index (χ1) is 2.00. The van der Waals surface area contributed by atoms with Crippen LogP contribution in [0, 0.1) is 0 Å². The molecule has 6 heteroatoms. The Morgan fingerprint density at radius 1 is 0.833 bits per heavy atom. The van der Waals surface area contributed by atoms with E-state index in [2.05, 4.69) is 70.7 Å². The summed E-state index contributed by atoms with van der Waals surface area (Å²) in [6, 6.07) is 0. The number of rotatable bonds is 0. The maximum absolute atomic E-state index is 2.57. The fourth-order valence-electron chi connectivity index (χ4n) is 0. The molecule has 0 nitrogen and oxygen atoms in total. The molecule has 0 amide bonds. The van der Waals surface area contributed by atoms with Crippen LogP contribution in [0.4, 0.5) is 0 Å². The Morgan fingerprint density at radius 3 is 0.833 bits per heavy atom. The van der Waals surface area contributed by atoms with E-state index >= 15 is 0 Å². The Balaban J connectivity index is 0. The normalized spacial score (nSPS) is 7.33. The molecule has 0 N–H and O–H groups in total. The second-order valence-electron chi connectivity index (χ2n) is 0.606. The van der Waals surface area contributed by atoms with Crippen LogP contribution in [0.2, 0.25) is 0 Å². The molecule has 0 aromatic heterocycles. The third-order valence-corrected chi connectivity index (χ3v) is 0. The minimum absolute atomic E-state index is 0. The third kappa shape index (κ3) is 22.5. The van der Waals surface area contributed by atoms with Crippen LogP contribution in [0.15, 0.2) is 0 Å². The van der Waals surface area contributed by atoms with Crippen LogP contribution in [0.5, 0.6) is 0 Å². The van der Waals surface area contributed by atoms with E-state index in [1.807, 2.05) is 0 Å². The molecule has 31 valence electrons. The van der Waals surface area contributed by atoms with Gasteiger partial charge < -0.3 is 0 Å². The van der Waals surface area contributed by atoms with E-state index < -0.39 is 4.17 Å². The van der Waals surface area contributed by atoms with Crippen molar-refractivity contribution >= 4 is 140 Å². The average Bonchev–Trinajstić information content (AvgIpc) is 0.722. The molecule has 0 aliphatic carbocycles. The number of halogens is 4. The first kappa shape index (κ1) is 14.4. The Labute approximate surface area is 137 Å². The van der Waals surface area contributed by atoms with Crippen LogP contribution in [-0.4, -0.2) is 68.9 Å². The first-order valence-electron chi connectivity index (χ1n) is 1.07. The summed E-state index contributed by atoms with van der Waals surface area (Å²) < 4.78 is -1.51. The molecule has 0 bridgehead atoms. The molecule has 0 aromatic carbocycles. The van der Waals surface area contributed by atoms with Crippen molar-refractivity contribution in [1.82, 2.24) is 0 Å². The molecule has 0 aliphatic heterocycles. The van der Waals surface area contributed by atoms with Crippen molar-refractivity contribution in [1.29, 1.82) is 0 Å². The third-order valence-electron chi connectivity index (χ3n) is 0. The van der Waals surface area contributed by atoms with Gasteiger partial charge in [-0.25, -0.2) is 0 Å². The van der Waals surface area contributed by atoms with Crippen LogP contribution < -0.4 is 0 Å². The summed E-state index contributed by atoms with van der Waals surface area (Å²) in [4.78, 5) is 0. The minimum atomic E-state index is -1.51. The second kappa shape index (κ2) is 7.55. The number of hydrogen-bond donors (Lipinski definition) is 0. The fraction of sp³-hybridized carbons (Fsp3) is 0. The molecule has 0 unspecified atom stereocenters. The molecule has 1 radical (unpaired) electrons. The van der Waals surface area contributed by atoms with Gasteiger partial charge in [-0.15, -0.1) is 0 Å². The zero-order chi connectivity index (χ0) is 4.50. The first-order valence-corrected chi connectivity index (χ1v) is 62.9. The standard InChI is InChI=1S/Cs.Hg.4HI/h;;4*1H/q;+4;;;;/p-4. The summed E-state index contributed by atoms with van der Waals surface area (Å²) in [5.41, 5.74) is 0. The summed E-state index contributed by atoms with van der Waals surface area (Å²) >= 11 is 10.3. The van der Waals surface area contributed by atoms with Gasteiger partial charge in [0.1, 0.15) is 0 Å². The van der Waals surface area contributed by atoms with E-state index in [9.17, 15) is 0 Å². The SMILES string of the molecule is [Cs].[I][Hg]([I])([I])[I]. The van der Waals surface area contributed by atoms with E-state index in [1.165, 1.54) is 0 Å². The predicted molar refractivity (Wildman–Crippen MR) is 61.8 cm³/mol. The van der Waals surface area contributed by atoms with Gasteiger partial charge in [0.2, 0.25) is 0 Å². The van der Waals surface area contributed by atoms with E-state index in [0.29, 0.717) is 0 Å². The summed E-state index contributed by atoms with van der Waals surface area (Å²) in [7, 11) is 0. The molecule has 0 aliphatic rings. The summed E-state index contributed by atoms with van der Waals surface area (Å²) in [5, 5.41) is 0. The van der Waals surface area contributed by atoms with Crippen molar-refractivity contribution in [3.8, 4) is 0 Å². The van der Waals surface area contributed by atoms with Gasteiger partial charge in [0.15, 0.2) is 0 Å². The van der Waals surface area contributed by atoms with Gasteiger partial charge in [-0.2, -0.15) is 0 Å². The van der Waals surface area contributed by atoms with Crippen LogP contribution in [0.1, 0.15) is 0 Å². The van der Waals surface area contributed by atoms with Crippen LogP contribution >= 0.6 is 70.7 Å². The summed E-state index contributed by atoms with van der Waals surface area (Å²) in [6.07, 6.45) is 0. The molecule has 0 aromatic rings. The van der Waals surface area contributed by atoms with Crippen LogP contribution in [-0.2, 0) is 4.17 Å². The molecular formula is CsHgI4. The van der Waals surface area contributed by atoms with Crippen LogP contribution in [0.25, 0.3) is 0 Å². The Hall–Kier alpha value is 5.91. The van der Waals surface area contributed by atoms with Gasteiger partial charge in [-0.1, -0.05) is 0 Å². The molecule has 0 atom stereocenters. The average molecular weight is 841 g/mol. The van der Waals surface area contributed by atoms with Crippen molar-refractivity contribution in [2.45, 2.75) is 0 Å².